The van der Waals surface area contributed by atoms with Crippen LogP contribution in [0.1, 0.15) is 52.5 Å². The molecule has 0 heterocycles. The minimum absolute atomic E-state index is 0.0831. The van der Waals surface area contributed by atoms with E-state index in [0.717, 1.165) is 18.6 Å². The van der Waals surface area contributed by atoms with Crippen LogP contribution in [0.4, 0.5) is 0 Å². The first-order valence-corrected chi connectivity index (χ1v) is 7.41. The smallest absolute Gasteiger partial charge is 0.123 e. The van der Waals surface area contributed by atoms with Crippen molar-refractivity contribution in [1.82, 2.24) is 0 Å². The Bertz CT molecular complexity index is 408. The van der Waals surface area contributed by atoms with Crippen LogP contribution in [0.2, 0.25) is 0 Å². The molecule has 1 aromatic rings. The normalized spacial score (nSPS) is 14.9. The summed E-state index contributed by atoms with van der Waals surface area (Å²) in [6.45, 7) is 9.33. The van der Waals surface area contributed by atoms with Crippen LogP contribution >= 0.6 is 0 Å². The lowest BCUT2D eigenvalue weighted by Gasteiger charge is -2.23. The van der Waals surface area contributed by atoms with Crippen LogP contribution in [-0.4, -0.2) is 23.9 Å². The fraction of sp³-hybridized carbons (Fsp3) is 0.647. The summed E-state index contributed by atoms with van der Waals surface area (Å²) in [5, 5.41) is 9.82. The van der Waals surface area contributed by atoms with Gasteiger partial charge in [0.25, 0.3) is 0 Å². The Kier molecular flexibility index (Phi) is 6.03. The predicted octanol–water partition coefficient (Wildman–Crippen LogP) is 3.24. The van der Waals surface area contributed by atoms with Crippen LogP contribution in [0.15, 0.2) is 24.3 Å². The van der Waals surface area contributed by atoms with Crippen molar-refractivity contribution in [2.24, 2.45) is 5.73 Å². The van der Waals surface area contributed by atoms with Gasteiger partial charge in [-0.05, 0) is 43.2 Å². The SMILES string of the molecule is CC(O)(CN)CCCCOc1ccccc1C(C)(C)C. The summed E-state index contributed by atoms with van der Waals surface area (Å²) in [7, 11) is 0. The molecule has 0 radical (unpaired) electrons. The van der Waals surface area contributed by atoms with Crippen LogP contribution in [0, 0.1) is 0 Å². The van der Waals surface area contributed by atoms with Gasteiger partial charge in [0.2, 0.25) is 0 Å². The lowest BCUT2D eigenvalue weighted by Crippen LogP contribution is -2.33. The monoisotopic (exact) mass is 279 g/mol. The van der Waals surface area contributed by atoms with Gasteiger partial charge in [0.05, 0.1) is 12.2 Å². The summed E-state index contributed by atoms with van der Waals surface area (Å²) in [5.41, 5.74) is 6.07. The molecular formula is C17H29NO2. The highest BCUT2D eigenvalue weighted by Crippen LogP contribution is 2.31. The average Bonchev–Trinajstić information content (AvgIpc) is 2.37. The van der Waals surface area contributed by atoms with Crippen LogP contribution in [0.3, 0.4) is 0 Å². The number of hydrogen-bond donors (Lipinski definition) is 2. The second-order valence-corrected chi connectivity index (χ2v) is 6.75. The fourth-order valence-corrected chi connectivity index (χ4v) is 2.10. The molecule has 0 aliphatic rings. The zero-order valence-electron chi connectivity index (χ0n) is 13.3. The number of nitrogens with two attached hydrogens (primary N) is 1. The molecule has 0 bridgehead atoms. The maximum Gasteiger partial charge on any atom is 0.123 e. The van der Waals surface area contributed by atoms with E-state index in [1.54, 1.807) is 6.92 Å². The van der Waals surface area contributed by atoms with Gasteiger partial charge in [-0.25, -0.2) is 0 Å². The quantitative estimate of drug-likeness (QED) is 0.753. The Balaban J connectivity index is 2.44. The standard InChI is InChI=1S/C17H29NO2/c1-16(2,3)14-9-5-6-10-15(14)20-12-8-7-11-17(4,19)13-18/h5-6,9-10,19H,7-8,11-13,18H2,1-4H3. The fourth-order valence-electron chi connectivity index (χ4n) is 2.10. The summed E-state index contributed by atoms with van der Waals surface area (Å²) in [4.78, 5) is 0. The summed E-state index contributed by atoms with van der Waals surface area (Å²) >= 11 is 0. The second kappa shape index (κ2) is 7.09. The first kappa shape index (κ1) is 17.0. The summed E-state index contributed by atoms with van der Waals surface area (Å²) in [5.74, 6) is 0.964. The van der Waals surface area contributed by atoms with Crippen molar-refractivity contribution >= 4 is 0 Å². The Labute approximate surface area is 123 Å². The second-order valence-electron chi connectivity index (χ2n) is 6.75. The van der Waals surface area contributed by atoms with Gasteiger partial charge in [0.15, 0.2) is 0 Å². The van der Waals surface area contributed by atoms with E-state index in [1.807, 2.05) is 18.2 Å². The number of rotatable bonds is 7. The van der Waals surface area contributed by atoms with E-state index in [4.69, 9.17) is 10.5 Å². The molecular weight excluding hydrogens is 250 g/mol. The van der Waals surface area contributed by atoms with Gasteiger partial charge in [0, 0.05) is 6.54 Å². The van der Waals surface area contributed by atoms with Crippen LogP contribution in [0.5, 0.6) is 5.75 Å². The Morgan fingerprint density at radius 1 is 1.10 bits per heavy atom. The topological polar surface area (TPSA) is 55.5 Å². The highest BCUT2D eigenvalue weighted by atomic mass is 16.5. The highest BCUT2D eigenvalue weighted by Gasteiger charge is 2.19. The van der Waals surface area contributed by atoms with E-state index in [-0.39, 0.29) is 5.41 Å². The van der Waals surface area contributed by atoms with Crippen molar-refractivity contribution in [2.45, 2.75) is 58.0 Å². The lowest BCUT2D eigenvalue weighted by atomic mass is 9.86. The summed E-state index contributed by atoms with van der Waals surface area (Å²) in [6.07, 6.45) is 2.56. The predicted molar refractivity (Wildman–Crippen MR) is 84.2 cm³/mol. The Morgan fingerprint density at radius 2 is 1.75 bits per heavy atom. The molecule has 0 fully saturated rings. The zero-order chi connectivity index (χ0) is 15.2. The Hall–Kier alpha value is -1.06. The van der Waals surface area contributed by atoms with Crippen molar-refractivity contribution in [3.63, 3.8) is 0 Å². The van der Waals surface area contributed by atoms with Crippen molar-refractivity contribution in [2.75, 3.05) is 13.2 Å². The number of aliphatic hydroxyl groups is 1. The lowest BCUT2D eigenvalue weighted by molar-refractivity contribution is 0.0562. The molecule has 0 saturated carbocycles. The third kappa shape index (κ3) is 5.51. The van der Waals surface area contributed by atoms with E-state index in [2.05, 4.69) is 26.8 Å². The molecule has 3 nitrogen and oxygen atoms in total. The van der Waals surface area contributed by atoms with Crippen LogP contribution in [0.25, 0.3) is 0 Å². The van der Waals surface area contributed by atoms with Crippen LogP contribution in [-0.2, 0) is 5.41 Å². The molecule has 1 unspecified atom stereocenters. The van der Waals surface area contributed by atoms with E-state index >= 15 is 0 Å². The Morgan fingerprint density at radius 3 is 2.35 bits per heavy atom. The number of unbranched alkanes of at least 4 members (excludes halogenated alkanes) is 1. The van der Waals surface area contributed by atoms with Crippen molar-refractivity contribution < 1.29 is 9.84 Å². The maximum absolute atomic E-state index is 9.82. The van der Waals surface area contributed by atoms with Gasteiger partial charge in [-0.2, -0.15) is 0 Å². The molecule has 20 heavy (non-hydrogen) atoms. The number of hydrogen-bond acceptors (Lipinski definition) is 3. The first-order chi connectivity index (χ1) is 9.26. The zero-order valence-corrected chi connectivity index (χ0v) is 13.3. The number of benzene rings is 1. The maximum atomic E-state index is 9.82. The minimum Gasteiger partial charge on any atom is -0.493 e. The largest absolute Gasteiger partial charge is 0.493 e. The number of ether oxygens (including phenoxy) is 1. The van der Waals surface area contributed by atoms with Gasteiger partial charge >= 0.3 is 0 Å². The van der Waals surface area contributed by atoms with Crippen molar-refractivity contribution in [1.29, 1.82) is 0 Å². The third-order valence-corrected chi connectivity index (χ3v) is 3.50. The van der Waals surface area contributed by atoms with Gasteiger partial charge in [-0.1, -0.05) is 39.0 Å². The highest BCUT2D eigenvalue weighted by molar-refractivity contribution is 5.38. The molecule has 0 aliphatic heterocycles. The third-order valence-electron chi connectivity index (χ3n) is 3.50. The minimum atomic E-state index is -0.747. The van der Waals surface area contributed by atoms with Crippen molar-refractivity contribution in [3.8, 4) is 5.75 Å². The molecule has 0 spiro atoms. The van der Waals surface area contributed by atoms with E-state index in [1.165, 1.54) is 5.56 Å². The van der Waals surface area contributed by atoms with E-state index in [9.17, 15) is 5.11 Å². The van der Waals surface area contributed by atoms with Gasteiger partial charge in [0.1, 0.15) is 5.75 Å². The van der Waals surface area contributed by atoms with Gasteiger partial charge < -0.3 is 15.6 Å². The molecule has 0 aliphatic carbocycles. The summed E-state index contributed by atoms with van der Waals surface area (Å²) in [6, 6.07) is 8.20. The first-order valence-electron chi connectivity index (χ1n) is 7.41. The molecule has 114 valence electrons. The molecule has 3 heteroatoms. The molecule has 1 aromatic carbocycles. The molecule has 0 saturated heterocycles. The van der Waals surface area contributed by atoms with E-state index in [0.29, 0.717) is 19.6 Å². The number of para-hydroxylation sites is 1. The van der Waals surface area contributed by atoms with Gasteiger partial charge in [-0.15, -0.1) is 0 Å². The average molecular weight is 279 g/mol. The summed E-state index contributed by atoms with van der Waals surface area (Å²) < 4.78 is 5.90. The van der Waals surface area contributed by atoms with Crippen molar-refractivity contribution in [3.05, 3.63) is 29.8 Å². The molecule has 0 aromatic heterocycles. The molecule has 1 atom stereocenters. The molecule has 3 N–H and O–H groups in total. The molecule has 0 amide bonds. The van der Waals surface area contributed by atoms with E-state index < -0.39 is 5.60 Å². The van der Waals surface area contributed by atoms with Gasteiger partial charge in [-0.3, -0.25) is 0 Å². The van der Waals surface area contributed by atoms with Crippen LogP contribution < -0.4 is 10.5 Å². The molecule has 1 rings (SSSR count).